The highest BCUT2D eigenvalue weighted by molar-refractivity contribution is 5.43. The molecular formula is C18H24F2N2. The lowest BCUT2D eigenvalue weighted by molar-refractivity contribution is 0.497. The predicted octanol–water partition coefficient (Wildman–Crippen LogP) is 5.05. The van der Waals surface area contributed by atoms with Crippen LogP contribution in [0.3, 0.4) is 0 Å². The number of aryl methyl sites for hydroxylation is 1. The van der Waals surface area contributed by atoms with Crippen molar-refractivity contribution in [3.63, 3.8) is 0 Å². The molecule has 0 bridgehead atoms. The van der Waals surface area contributed by atoms with Gasteiger partial charge in [-0.25, -0.2) is 13.5 Å². The van der Waals surface area contributed by atoms with Crippen LogP contribution < -0.4 is 0 Å². The van der Waals surface area contributed by atoms with Crippen LogP contribution in [0.25, 0.3) is 5.69 Å². The summed E-state index contributed by atoms with van der Waals surface area (Å²) < 4.78 is 28.6. The third-order valence-electron chi connectivity index (χ3n) is 3.67. The maximum absolute atomic E-state index is 13.6. The number of hydrogen-bond acceptors (Lipinski definition) is 1. The maximum Gasteiger partial charge on any atom is 0.160 e. The van der Waals surface area contributed by atoms with Crippen molar-refractivity contribution in [2.75, 3.05) is 0 Å². The fourth-order valence-electron chi connectivity index (χ4n) is 2.92. The van der Waals surface area contributed by atoms with E-state index in [1.165, 1.54) is 6.07 Å². The Morgan fingerprint density at radius 3 is 1.95 bits per heavy atom. The zero-order valence-electron chi connectivity index (χ0n) is 14.4. The Morgan fingerprint density at radius 1 is 0.909 bits per heavy atom. The summed E-state index contributed by atoms with van der Waals surface area (Å²) in [5.74, 6) is -1.70. The minimum atomic E-state index is -0.858. The lowest BCUT2D eigenvalue weighted by Crippen LogP contribution is -2.24. The molecular weight excluding hydrogens is 282 g/mol. The van der Waals surface area contributed by atoms with Crippen molar-refractivity contribution in [2.45, 2.75) is 59.3 Å². The molecule has 2 nitrogen and oxygen atoms in total. The van der Waals surface area contributed by atoms with Gasteiger partial charge in [0, 0.05) is 17.0 Å². The number of aromatic nitrogens is 2. The average molecular weight is 306 g/mol. The van der Waals surface area contributed by atoms with Gasteiger partial charge in [-0.05, 0) is 24.5 Å². The van der Waals surface area contributed by atoms with Crippen molar-refractivity contribution in [1.29, 1.82) is 0 Å². The Kier molecular flexibility index (Phi) is 3.92. The fraction of sp³-hybridized carbons (Fsp3) is 0.500. The highest BCUT2D eigenvalue weighted by Crippen LogP contribution is 2.37. The second kappa shape index (κ2) is 5.18. The molecule has 0 aliphatic carbocycles. The van der Waals surface area contributed by atoms with E-state index in [0.29, 0.717) is 5.69 Å². The van der Waals surface area contributed by atoms with Gasteiger partial charge in [0.1, 0.15) is 0 Å². The molecule has 2 rings (SSSR count). The number of halogens is 2. The summed E-state index contributed by atoms with van der Waals surface area (Å²) in [5.41, 5.74) is 3.40. The molecule has 1 aromatic carbocycles. The van der Waals surface area contributed by atoms with Gasteiger partial charge in [-0.1, -0.05) is 41.5 Å². The zero-order valence-corrected chi connectivity index (χ0v) is 14.4. The van der Waals surface area contributed by atoms with E-state index in [1.807, 2.05) is 6.92 Å². The number of rotatable bonds is 1. The third-order valence-corrected chi connectivity index (χ3v) is 3.67. The molecule has 0 radical (unpaired) electrons. The maximum atomic E-state index is 13.6. The van der Waals surface area contributed by atoms with Crippen LogP contribution >= 0.6 is 0 Å². The van der Waals surface area contributed by atoms with E-state index in [9.17, 15) is 8.78 Å². The predicted molar refractivity (Wildman–Crippen MR) is 85.6 cm³/mol. The van der Waals surface area contributed by atoms with Crippen molar-refractivity contribution >= 4 is 0 Å². The van der Waals surface area contributed by atoms with Gasteiger partial charge in [-0.15, -0.1) is 0 Å². The van der Waals surface area contributed by atoms with Gasteiger partial charge in [-0.2, -0.15) is 5.10 Å². The van der Waals surface area contributed by atoms with Gasteiger partial charge in [0.15, 0.2) is 11.6 Å². The van der Waals surface area contributed by atoms with Gasteiger partial charge in [0.05, 0.1) is 17.1 Å². The molecule has 0 aliphatic heterocycles. The standard InChI is InChI=1S/C18H24F2N2/c1-11-15(17(2,3)4)16(18(5,6)7)22(21-11)12-8-9-13(19)14(20)10-12/h8-10H,1-7H3. The highest BCUT2D eigenvalue weighted by atomic mass is 19.2. The molecule has 22 heavy (non-hydrogen) atoms. The summed E-state index contributed by atoms with van der Waals surface area (Å²) in [5, 5.41) is 4.61. The Labute approximate surface area is 131 Å². The van der Waals surface area contributed by atoms with Gasteiger partial charge in [0.25, 0.3) is 0 Å². The Morgan fingerprint density at radius 2 is 1.50 bits per heavy atom. The van der Waals surface area contributed by atoms with E-state index in [-0.39, 0.29) is 10.8 Å². The third kappa shape index (κ3) is 2.92. The van der Waals surface area contributed by atoms with Crippen LogP contribution in [0.5, 0.6) is 0 Å². The fourth-order valence-corrected chi connectivity index (χ4v) is 2.92. The molecule has 0 amide bonds. The van der Waals surface area contributed by atoms with Crippen molar-refractivity contribution < 1.29 is 8.78 Å². The molecule has 4 heteroatoms. The molecule has 0 unspecified atom stereocenters. The molecule has 0 N–H and O–H groups in total. The number of benzene rings is 1. The summed E-state index contributed by atoms with van der Waals surface area (Å²) in [6.45, 7) is 14.7. The van der Waals surface area contributed by atoms with Gasteiger partial charge < -0.3 is 0 Å². The van der Waals surface area contributed by atoms with Gasteiger partial charge >= 0.3 is 0 Å². The number of nitrogens with zero attached hydrogens (tertiary/aromatic N) is 2. The van der Waals surface area contributed by atoms with Crippen molar-refractivity contribution in [3.05, 3.63) is 46.8 Å². The second-order valence-electron chi connectivity index (χ2n) is 7.82. The molecule has 0 atom stereocenters. The first-order valence-electron chi connectivity index (χ1n) is 7.49. The van der Waals surface area contributed by atoms with Crippen LogP contribution in [0.1, 0.15) is 58.5 Å². The summed E-state index contributed by atoms with van der Waals surface area (Å²) in [6, 6.07) is 3.90. The highest BCUT2D eigenvalue weighted by Gasteiger charge is 2.32. The quantitative estimate of drug-likeness (QED) is 0.720. The molecule has 2 aromatic rings. The number of hydrogen-bond donors (Lipinski definition) is 0. The van der Waals surface area contributed by atoms with Crippen LogP contribution in [0.4, 0.5) is 8.78 Å². The van der Waals surface area contributed by atoms with E-state index in [1.54, 1.807) is 10.7 Å². The Hall–Kier alpha value is -1.71. The molecule has 0 saturated heterocycles. The summed E-state index contributed by atoms with van der Waals surface area (Å²) >= 11 is 0. The van der Waals surface area contributed by atoms with Crippen molar-refractivity contribution in [1.82, 2.24) is 9.78 Å². The Balaban J connectivity index is 2.79. The molecule has 0 saturated carbocycles. The van der Waals surface area contributed by atoms with Crippen LogP contribution in [-0.2, 0) is 10.8 Å². The van der Waals surface area contributed by atoms with E-state index >= 15 is 0 Å². The smallest absolute Gasteiger partial charge is 0.160 e. The van der Waals surface area contributed by atoms with Gasteiger partial charge in [-0.3, -0.25) is 0 Å². The molecule has 1 aromatic heterocycles. The Bertz CT molecular complexity index is 701. The lowest BCUT2D eigenvalue weighted by atomic mass is 9.78. The summed E-state index contributed by atoms with van der Waals surface area (Å²) in [6.07, 6.45) is 0. The van der Waals surface area contributed by atoms with E-state index in [0.717, 1.165) is 23.0 Å². The van der Waals surface area contributed by atoms with Crippen LogP contribution in [0.15, 0.2) is 18.2 Å². The SMILES string of the molecule is Cc1nn(-c2ccc(F)c(F)c2)c(C(C)(C)C)c1C(C)(C)C. The molecule has 1 heterocycles. The monoisotopic (exact) mass is 306 g/mol. The van der Waals surface area contributed by atoms with Crippen LogP contribution in [0, 0.1) is 18.6 Å². The first-order valence-corrected chi connectivity index (χ1v) is 7.49. The van der Waals surface area contributed by atoms with Gasteiger partial charge in [0.2, 0.25) is 0 Å². The largest absolute Gasteiger partial charge is 0.237 e. The molecule has 0 fully saturated rings. The topological polar surface area (TPSA) is 17.8 Å². The molecule has 120 valence electrons. The molecule has 0 spiro atoms. The molecule has 0 aliphatic rings. The van der Waals surface area contributed by atoms with Crippen LogP contribution in [0.2, 0.25) is 0 Å². The van der Waals surface area contributed by atoms with Crippen molar-refractivity contribution in [2.24, 2.45) is 0 Å². The average Bonchev–Trinajstić information content (AvgIpc) is 2.70. The minimum absolute atomic E-state index is 0.0798. The van der Waals surface area contributed by atoms with E-state index in [2.05, 4.69) is 46.6 Å². The lowest BCUT2D eigenvalue weighted by Gasteiger charge is -2.28. The van der Waals surface area contributed by atoms with E-state index < -0.39 is 11.6 Å². The normalized spacial score (nSPS) is 12.8. The first-order chi connectivity index (χ1) is 9.93. The van der Waals surface area contributed by atoms with E-state index in [4.69, 9.17) is 0 Å². The minimum Gasteiger partial charge on any atom is -0.237 e. The zero-order chi connectivity index (χ0) is 16.9. The second-order valence-corrected chi connectivity index (χ2v) is 7.82. The van der Waals surface area contributed by atoms with Crippen molar-refractivity contribution in [3.8, 4) is 5.69 Å². The summed E-state index contributed by atoms with van der Waals surface area (Å²) in [7, 11) is 0. The first kappa shape index (κ1) is 16.7. The summed E-state index contributed by atoms with van der Waals surface area (Å²) in [4.78, 5) is 0. The van der Waals surface area contributed by atoms with Crippen LogP contribution in [-0.4, -0.2) is 9.78 Å².